The smallest absolute Gasteiger partial charge is 0.278 e. The molecule has 0 atom stereocenters. The third kappa shape index (κ3) is 5.45. The summed E-state index contributed by atoms with van der Waals surface area (Å²) in [6.07, 6.45) is 9.95. The topological polar surface area (TPSA) is 82.6 Å². The lowest BCUT2D eigenvalue weighted by molar-refractivity contribution is -0.117. The van der Waals surface area contributed by atoms with Gasteiger partial charge in [0.25, 0.3) is 11.8 Å². The molecule has 1 fully saturated rings. The van der Waals surface area contributed by atoms with Gasteiger partial charge in [0.1, 0.15) is 11.9 Å². The highest BCUT2D eigenvalue weighted by atomic mass is 16.5. The van der Waals surface area contributed by atoms with Gasteiger partial charge in [0.2, 0.25) is 5.91 Å². The van der Waals surface area contributed by atoms with E-state index in [0.29, 0.717) is 11.8 Å². The van der Waals surface area contributed by atoms with E-state index in [1.807, 2.05) is 24.3 Å². The first kappa shape index (κ1) is 19.7. The van der Waals surface area contributed by atoms with Crippen molar-refractivity contribution in [1.82, 2.24) is 15.3 Å². The highest BCUT2D eigenvalue weighted by Gasteiger charge is 2.24. The van der Waals surface area contributed by atoms with Crippen molar-refractivity contribution < 1.29 is 19.0 Å². The summed E-state index contributed by atoms with van der Waals surface area (Å²) in [5.41, 5.74) is 0.950. The zero-order valence-electron chi connectivity index (χ0n) is 16.1. The van der Waals surface area contributed by atoms with Crippen LogP contribution in [0.2, 0.25) is 0 Å². The van der Waals surface area contributed by atoms with Gasteiger partial charge in [0, 0.05) is 24.5 Å². The molecule has 1 amide bonds. The number of rotatable bonds is 7. The van der Waals surface area contributed by atoms with Crippen LogP contribution in [0.3, 0.4) is 0 Å². The summed E-state index contributed by atoms with van der Waals surface area (Å²) in [6.45, 7) is 0. The van der Waals surface area contributed by atoms with Crippen LogP contribution in [0.1, 0.15) is 31.2 Å². The fourth-order valence-corrected chi connectivity index (χ4v) is 3.15. The number of nitrogens with one attached hydrogen (secondary N) is 1. The van der Waals surface area contributed by atoms with Gasteiger partial charge in [-0.1, -0.05) is 12.1 Å². The number of hydrogen-bond acceptors (Lipinski definition) is 6. The second-order valence-electron chi connectivity index (χ2n) is 6.58. The summed E-state index contributed by atoms with van der Waals surface area (Å²) in [7, 11) is 3.17. The largest absolute Gasteiger partial charge is 0.497 e. The van der Waals surface area contributed by atoms with Gasteiger partial charge in [-0.15, -0.1) is 0 Å². The average Bonchev–Trinajstić information content (AvgIpc) is 2.74. The molecule has 2 aromatic rings. The van der Waals surface area contributed by atoms with Crippen molar-refractivity contribution in [2.24, 2.45) is 0 Å². The third-order valence-electron chi connectivity index (χ3n) is 4.67. The average molecular weight is 383 g/mol. The van der Waals surface area contributed by atoms with E-state index in [1.165, 1.54) is 0 Å². The molecule has 1 aromatic carbocycles. The minimum Gasteiger partial charge on any atom is -0.497 e. The SMILES string of the molecule is COc1ccc(/C=C/C(=O)NC2CCC(Oc3nccnc3OC)CC2)cc1. The van der Waals surface area contributed by atoms with Crippen LogP contribution in [0.5, 0.6) is 17.5 Å². The first-order valence-electron chi connectivity index (χ1n) is 9.32. The molecule has 1 aromatic heterocycles. The lowest BCUT2D eigenvalue weighted by atomic mass is 9.93. The van der Waals surface area contributed by atoms with Gasteiger partial charge in [-0.2, -0.15) is 0 Å². The van der Waals surface area contributed by atoms with Gasteiger partial charge in [-0.25, -0.2) is 9.97 Å². The lowest BCUT2D eigenvalue weighted by Gasteiger charge is -2.29. The molecule has 7 heteroatoms. The molecule has 1 N–H and O–H groups in total. The summed E-state index contributed by atoms with van der Waals surface area (Å²) in [4.78, 5) is 20.4. The maximum Gasteiger partial charge on any atom is 0.278 e. The van der Waals surface area contributed by atoms with E-state index in [4.69, 9.17) is 14.2 Å². The predicted octanol–water partition coefficient (Wildman–Crippen LogP) is 3.01. The zero-order valence-corrected chi connectivity index (χ0v) is 16.1. The van der Waals surface area contributed by atoms with Gasteiger partial charge in [0.15, 0.2) is 0 Å². The molecule has 0 radical (unpaired) electrons. The van der Waals surface area contributed by atoms with Crippen LogP contribution < -0.4 is 19.5 Å². The Morgan fingerprint density at radius 3 is 2.32 bits per heavy atom. The number of amides is 1. The first-order chi connectivity index (χ1) is 13.7. The van der Waals surface area contributed by atoms with Crippen LogP contribution in [0.4, 0.5) is 0 Å². The number of ether oxygens (including phenoxy) is 3. The Hall–Kier alpha value is -3.09. The van der Waals surface area contributed by atoms with Crippen molar-refractivity contribution >= 4 is 12.0 Å². The number of benzene rings is 1. The van der Waals surface area contributed by atoms with Gasteiger partial charge in [-0.3, -0.25) is 4.79 Å². The molecule has 1 heterocycles. The van der Waals surface area contributed by atoms with Crippen LogP contribution in [0.25, 0.3) is 6.08 Å². The molecule has 0 bridgehead atoms. The van der Waals surface area contributed by atoms with Gasteiger partial charge >= 0.3 is 0 Å². The van der Waals surface area contributed by atoms with Crippen molar-refractivity contribution in [3.63, 3.8) is 0 Å². The third-order valence-corrected chi connectivity index (χ3v) is 4.67. The molecule has 1 saturated carbocycles. The number of nitrogens with zero attached hydrogens (tertiary/aromatic N) is 2. The quantitative estimate of drug-likeness (QED) is 0.740. The number of carbonyl (C=O) groups is 1. The molecule has 1 aliphatic carbocycles. The maximum absolute atomic E-state index is 12.2. The first-order valence-corrected chi connectivity index (χ1v) is 9.32. The molecule has 0 unspecified atom stereocenters. The zero-order chi connectivity index (χ0) is 19.8. The van der Waals surface area contributed by atoms with Crippen LogP contribution >= 0.6 is 0 Å². The summed E-state index contributed by atoms with van der Waals surface area (Å²) >= 11 is 0. The Morgan fingerprint density at radius 1 is 1.00 bits per heavy atom. The molecule has 148 valence electrons. The summed E-state index contributed by atoms with van der Waals surface area (Å²) in [6, 6.07) is 7.70. The standard InChI is InChI=1S/C21H25N3O4/c1-26-17-8-3-15(4-9-17)5-12-19(25)24-16-6-10-18(11-7-16)28-21-20(27-2)22-13-14-23-21/h3-5,8-9,12-14,16,18H,6-7,10-11H2,1-2H3,(H,24,25)/b12-5+. The highest BCUT2D eigenvalue weighted by Crippen LogP contribution is 2.27. The van der Waals surface area contributed by atoms with E-state index in [1.54, 1.807) is 38.8 Å². The molecular weight excluding hydrogens is 358 g/mol. The van der Waals surface area contributed by atoms with Crippen LogP contribution in [0.15, 0.2) is 42.7 Å². The Bertz CT molecular complexity index is 800. The second kappa shape index (κ2) is 9.73. The van der Waals surface area contributed by atoms with Crippen molar-refractivity contribution in [3.8, 4) is 17.5 Å². The van der Waals surface area contributed by atoms with E-state index >= 15 is 0 Å². The van der Waals surface area contributed by atoms with Crippen molar-refractivity contribution in [3.05, 3.63) is 48.3 Å². The molecule has 1 aliphatic rings. The summed E-state index contributed by atoms with van der Waals surface area (Å²) in [5.74, 6) is 1.51. The normalized spacial score (nSPS) is 19.2. The Morgan fingerprint density at radius 2 is 1.68 bits per heavy atom. The van der Waals surface area contributed by atoms with E-state index in [0.717, 1.165) is 37.0 Å². The Kier molecular flexibility index (Phi) is 6.84. The van der Waals surface area contributed by atoms with Gasteiger partial charge in [0.05, 0.1) is 14.2 Å². The van der Waals surface area contributed by atoms with E-state index in [9.17, 15) is 4.79 Å². The predicted molar refractivity (Wildman–Crippen MR) is 105 cm³/mol. The molecular formula is C21H25N3O4. The minimum absolute atomic E-state index is 0.0496. The molecule has 3 rings (SSSR count). The fraction of sp³-hybridized carbons (Fsp3) is 0.381. The summed E-state index contributed by atoms with van der Waals surface area (Å²) in [5, 5.41) is 3.06. The van der Waals surface area contributed by atoms with Crippen LogP contribution in [-0.2, 0) is 4.79 Å². The van der Waals surface area contributed by atoms with Crippen molar-refractivity contribution in [2.75, 3.05) is 14.2 Å². The van der Waals surface area contributed by atoms with E-state index in [-0.39, 0.29) is 18.1 Å². The van der Waals surface area contributed by atoms with Gasteiger partial charge in [-0.05, 0) is 49.5 Å². The molecule has 7 nitrogen and oxygen atoms in total. The van der Waals surface area contributed by atoms with Crippen LogP contribution in [0, 0.1) is 0 Å². The van der Waals surface area contributed by atoms with Crippen LogP contribution in [-0.4, -0.2) is 42.2 Å². The second-order valence-corrected chi connectivity index (χ2v) is 6.58. The number of methoxy groups -OCH3 is 2. The molecule has 0 saturated heterocycles. The monoisotopic (exact) mass is 383 g/mol. The van der Waals surface area contributed by atoms with E-state index in [2.05, 4.69) is 15.3 Å². The minimum atomic E-state index is -0.0872. The van der Waals surface area contributed by atoms with Gasteiger partial charge < -0.3 is 19.5 Å². The number of hydrogen-bond donors (Lipinski definition) is 1. The summed E-state index contributed by atoms with van der Waals surface area (Å²) < 4.78 is 16.2. The molecule has 0 spiro atoms. The fourth-order valence-electron chi connectivity index (χ4n) is 3.15. The van der Waals surface area contributed by atoms with Crippen molar-refractivity contribution in [2.45, 2.75) is 37.8 Å². The Labute approximate surface area is 164 Å². The molecule has 28 heavy (non-hydrogen) atoms. The van der Waals surface area contributed by atoms with Crippen molar-refractivity contribution in [1.29, 1.82) is 0 Å². The van der Waals surface area contributed by atoms with E-state index < -0.39 is 0 Å². The maximum atomic E-state index is 12.2. The lowest BCUT2D eigenvalue weighted by Crippen LogP contribution is -2.39. The number of carbonyl (C=O) groups excluding carboxylic acids is 1. The number of aromatic nitrogens is 2. The highest BCUT2D eigenvalue weighted by molar-refractivity contribution is 5.91. The Balaban J connectivity index is 1.44. The molecule has 0 aliphatic heterocycles.